The minimum absolute atomic E-state index is 0.0101. The highest BCUT2D eigenvalue weighted by Gasteiger charge is 2.23. The highest BCUT2D eigenvalue weighted by molar-refractivity contribution is 5.87. The number of hydrogen-bond donors (Lipinski definition) is 3. The zero-order valence-electron chi connectivity index (χ0n) is 11.3. The minimum Gasteiger partial charge on any atom is -0.394 e. The summed E-state index contributed by atoms with van der Waals surface area (Å²) >= 11 is 0. The molecule has 0 amide bonds. The van der Waals surface area contributed by atoms with Crippen LogP contribution >= 0.6 is 0 Å². The zero-order valence-corrected chi connectivity index (χ0v) is 11.3. The molecule has 1 aliphatic heterocycles. The number of nitrogens with one attached hydrogen (secondary N) is 2. The zero-order chi connectivity index (χ0) is 13.9. The molecule has 0 aliphatic carbocycles. The van der Waals surface area contributed by atoms with Gasteiger partial charge in [0.2, 0.25) is 5.95 Å². The molecule has 1 aliphatic rings. The van der Waals surface area contributed by atoms with Gasteiger partial charge < -0.3 is 20.1 Å². The number of hydrogen-bond acceptors (Lipinski definition) is 7. The Labute approximate surface area is 116 Å². The number of anilines is 2. The van der Waals surface area contributed by atoms with Crippen molar-refractivity contribution in [1.29, 1.82) is 0 Å². The summed E-state index contributed by atoms with van der Waals surface area (Å²) in [5.41, 5.74) is 0.706. The average Bonchev–Trinajstić information content (AvgIpc) is 2.95. The molecule has 8 nitrogen and oxygen atoms in total. The first kappa shape index (κ1) is 13.1. The molecule has 3 N–H and O–H groups in total. The second kappa shape index (κ2) is 5.59. The Morgan fingerprint density at radius 1 is 1.55 bits per heavy atom. The fourth-order valence-electron chi connectivity index (χ4n) is 2.32. The Kier molecular flexibility index (Phi) is 3.66. The third-order valence-electron chi connectivity index (χ3n) is 3.27. The molecule has 3 heterocycles. The lowest BCUT2D eigenvalue weighted by molar-refractivity contribution is 0.00344. The molecule has 108 valence electrons. The monoisotopic (exact) mass is 278 g/mol. The minimum atomic E-state index is -0.178. The van der Waals surface area contributed by atoms with Crippen LogP contribution in [0.1, 0.15) is 6.92 Å². The van der Waals surface area contributed by atoms with Gasteiger partial charge in [0.1, 0.15) is 5.82 Å². The number of aromatic nitrogens is 4. The van der Waals surface area contributed by atoms with Gasteiger partial charge >= 0.3 is 0 Å². The highest BCUT2D eigenvalue weighted by Crippen LogP contribution is 2.25. The molecule has 0 spiro atoms. The molecule has 1 unspecified atom stereocenters. The Hall–Kier alpha value is -1.93. The number of morpholine rings is 1. The van der Waals surface area contributed by atoms with Gasteiger partial charge in [0.15, 0.2) is 5.65 Å². The quantitative estimate of drug-likeness (QED) is 0.723. The fraction of sp³-hybridized carbons (Fsp3) is 0.583. The van der Waals surface area contributed by atoms with Gasteiger partial charge in [-0.25, -0.2) is 0 Å². The first-order valence-electron chi connectivity index (χ1n) is 6.74. The molecule has 0 radical (unpaired) electrons. The summed E-state index contributed by atoms with van der Waals surface area (Å²) in [6.07, 6.45) is 1.55. The first-order valence-corrected chi connectivity index (χ1v) is 6.74. The lowest BCUT2D eigenvalue weighted by Crippen LogP contribution is -2.44. The summed E-state index contributed by atoms with van der Waals surface area (Å²) < 4.78 is 5.48. The highest BCUT2D eigenvalue weighted by atomic mass is 16.5. The standard InChI is InChI=1S/C12H18N6O2/c1-2-13-12-15-10-9(5-14-17-10)11(16-12)18-3-4-20-8(6-18)7-19/h5,8,19H,2-4,6-7H2,1H3,(H2,13,14,15,16,17). The van der Waals surface area contributed by atoms with Gasteiger partial charge in [-0.3, -0.25) is 5.10 Å². The molecule has 0 bridgehead atoms. The van der Waals surface area contributed by atoms with Crippen LogP contribution in [0.3, 0.4) is 0 Å². The molecule has 2 aromatic heterocycles. The van der Waals surface area contributed by atoms with Gasteiger partial charge in [0.25, 0.3) is 0 Å². The van der Waals surface area contributed by atoms with E-state index in [0.717, 1.165) is 24.3 Å². The van der Waals surface area contributed by atoms with E-state index in [0.29, 0.717) is 24.7 Å². The molecule has 8 heteroatoms. The number of nitrogens with zero attached hydrogens (tertiary/aromatic N) is 4. The van der Waals surface area contributed by atoms with Gasteiger partial charge in [-0.15, -0.1) is 0 Å². The second-order valence-electron chi connectivity index (χ2n) is 4.65. The van der Waals surface area contributed by atoms with Crippen molar-refractivity contribution >= 4 is 22.8 Å². The molecule has 1 atom stereocenters. The summed E-state index contributed by atoms with van der Waals surface area (Å²) in [4.78, 5) is 11.0. The van der Waals surface area contributed by atoms with Crippen molar-refractivity contribution < 1.29 is 9.84 Å². The van der Waals surface area contributed by atoms with E-state index in [4.69, 9.17) is 4.74 Å². The number of aliphatic hydroxyl groups is 1. The predicted octanol–water partition coefficient (Wildman–Crippen LogP) is -0.0178. The van der Waals surface area contributed by atoms with Gasteiger partial charge in [-0.05, 0) is 6.92 Å². The number of rotatable bonds is 4. The van der Waals surface area contributed by atoms with Gasteiger partial charge in [-0.2, -0.15) is 15.1 Å². The molecule has 2 aromatic rings. The topological polar surface area (TPSA) is 99.2 Å². The maximum atomic E-state index is 9.25. The summed E-state index contributed by atoms with van der Waals surface area (Å²) in [7, 11) is 0. The average molecular weight is 278 g/mol. The van der Waals surface area contributed by atoms with E-state index in [-0.39, 0.29) is 12.7 Å². The van der Waals surface area contributed by atoms with Crippen LogP contribution in [-0.4, -0.2) is 64.2 Å². The lowest BCUT2D eigenvalue weighted by Gasteiger charge is -2.33. The largest absolute Gasteiger partial charge is 0.394 e. The van der Waals surface area contributed by atoms with Crippen molar-refractivity contribution in [1.82, 2.24) is 20.2 Å². The van der Waals surface area contributed by atoms with Crippen molar-refractivity contribution in [3.05, 3.63) is 6.20 Å². The van der Waals surface area contributed by atoms with Crippen molar-refractivity contribution in [2.45, 2.75) is 13.0 Å². The van der Waals surface area contributed by atoms with Crippen LogP contribution in [0.15, 0.2) is 6.20 Å². The normalized spacial score (nSPS) is 19.5. The maximum Gasteiger partial charge on any atom is 0.226 e. The van der Waals surface area contributed by atoms with E-state index in [1.54, 1.807) is 6.20 Å². The second-order valence-corrected chi connectivity index (χ2v) is 4.65. The molecule has 3 rings (SSSR count). The first-order chi connectivity index (χ1) is 9.81. The van der Waals surface area contributed by atoms with E-state index in [2.05, 4.69) is 30.4 Å². The Balaban J connectivity index is 1.98. The molecule has 1 saturated heterocycles. The van der Waals surface area contributed by atoms with Crippen LogP contribution in [0.4, 0.5) is 11.8 Å². The summed E-state index contributed by atoms with van der Waals surface area (Å²) in [5, 5.41) is 20.2. The predicted molar refractivity (Wildman–Crippen MR) is 74.9 cm³/mol. The third-order valence-corrected chi connectivity index (χ3v) is 3.27. The summed E-state index contributed by atoms with van der Waals surface area (Å²) in [6.45, 7) is 4.68. The van der Waals surface area contributed by atoms with Gasteiger partial charge in [0, 0.05) is 19.6 Å². The molecule has 0 aromatic carbocycles. The Bertz CT molecular complexity index is 586. The fourth-order valence-corrected chi connectivity index (χ4v) is 2.32. The van der Waals surface area contributed by atoms with Crippen LogP contribution in [0.2, 0.25) is 0 Å². The van der Waals surface area contributed by atoms with Crippen LogP contribution < -0.4 is 10.2 Å². The lowest BCUT2D eigenvalue weighted by atomic mass is 10.2. The van der Waals surface area contributed by atoms with Gasteiger partial charge in [0.05, 0.1) is 30.9 Å². The Morgan fingerprint density at radius 3 is 3.25 bits per heavy atom. The summed E-state index contributed by atoms with van der Waals surface area (Å²) in [6, 6.07) is 0. The van der Waals surface area contributed by atoms with Crippen LogP contribution in [-0.2, 0) is 4.74 Å². The van der Waals surface area contributed by atoms with Crippen molar-refractivity contribution in [3.8, 4) is 0 Å². The van der Waals surface area contributed by atoms with Gasteiger partial charge in [-0.1, -0.05) is 0 Å². The molecule has 1 fully saturated rings. The van der Waals surface area contributed by atoms with E-state index in [9.17, 15) is 5.11 Å². The van der Waals surface area contributed by atoms with Crippen molar-refractivity contribution in [2.24, 2.45) is 0 Å². The molecular formula is C12H18N6O2. The van der Waals surface area contributed by atoms with E-state index < -0.39 is 0 Å². The summed E-state index contributed by atoms with van der Waals surface area (Å²) in [5.74, 6) is 1.40. The van der Waals surface area contributed by atoms with Crippen LogP contribution in [0.25, 0.3) is 11.0 Å². The molecule has 20 heavy (non-hydrogen) atoms. The molecule has 0 saturated carbocycles. The Morgan fingerprint density at radius 2 is 2.45 bits per heavy atom. The number of fused-ring (bicyclic) bond motifs is 1. The SMILES string of the molecule is CCNc1nc(N2CCOC(CO)C2)c2cn[nH]c2n1. The maximum absolute atomic E-state index is 9.25. The smallest absolute Gasteiger partial charge is 0.226 e. The molecular weight excluding hydrogens is 260 g/mol. The van der Waals surface area contributed by atoms with Crippen LogP contribution in [0, 0.1) is 0 Å². The third kappa shape index (κ3) is 2.39. The number of ether oxygens (including phenoxy) is 1. The van der Waals surface area contributed by atoms with Crippen LogP contribution in [0.5, 0.6) is 0 Å². The number of aromatic amines is 1. The number of aliphatic hydroxyl groups excluding tert-OH is 1. The van der Waals surface area contributed by atoms with E-state index in [1.165, 1.54) is 0 Å². The van der Waals surface area contributed by atoms with E-state index in [1.807, 2.05) is 6.92 Å². The van der Waals surface area contributed by atoms with Crippen molar-refractivity contribution in [3.63, 3.8) is 0 Å². The van der Waals surface area contributed by atoms with E-state index >= 15 is 0 Å². The van der Waals surface area contributed by atoms with Crippen molar-refractivity contribution in [2.75, 3.05) is 43.1 Å². The number of H-pyrrole nitrogens is 1.